The van der Waals surface area contributed by atoms with Crippen LogP contribution in [0.2, 0.25) is 0 Å². The highest BCUT2D eigenvalue weighted by Gasteiger charge is 2.16. The Kier molecular flexibility index (Phi) is 5.69. The normalized spacial score (nSPS) is 16.2. The summed E-state index contributed by atoms with van der Waals surface area (Å²) in [6.45, 7) is 6.44. The van der Waals surface area contributed by atoms with Crippen LogP contribution >= 0.6 is 0 Å². The number of allylic oxidation sites excluding steroid dienone is 1. The number of benzene rings is 2. The van der Waals surface area contributed by atoms with E-state index in [0.29, 0.717) is 12.2 Å². The number of aryl methyl sites for hydroxylation is 1. The van der Waals surface area contributed by atoms with Crippen LogP contribution < -0.4 is 15.1 Å². The predicted octanol–water partition coefficient (Wildman–Crippen LogP) is 4.39. The topological polar surface area (TPSA) is 43.8 Å². The van der Waals surface area contributed by atoms with Crippen molar-refractivity contribution in [2.24, 2.45) is 4.99 Å². The van der Waals surface area contributed by atoms with Crippen molar-refractivity contribution in [1.82, 2.24) is 10.3 Å². The molecule has 0 bridgehead atoms. The zero-order valence-corrected chi connectivity index (χ0v) is 18.1. The summed E-state index contributed by atoms with van der Waals surface area (Å²) in [5.74, 6) is -0.209. The minimum Gasteiger partial charge on any atom is -0.369 e. The molecule has 0 spiro atoms. The monoisotopic (exact) mass is 427 g/mol. The standard InChI is InChI=1S/C26H26FN5/c1-19-17-20(4-9-24(19)27)26-23(3-2-11-29-26)25-10-14-32(18-30-25)22-7-5-21(6-8-22)31-15-12-28-13-16-31/h2-11,14,17,28H,12-13,15-16,18H2,1H3. The fraction of sp³-hybridized carbons (Fsp3) is 0.231. The van der Waals surface area contributed by atoms with E-state index in [2.05, 4.69) is 50.6 Å². The number of hydrogen-bond acceptors (Lipinski definition) is 5. The Hall–Kier alpha value is -3.51. The second-order valence-corrected chi connectivity index (χ2v) is 8.09. The highest BCUT2D eigenvalue weighted by atomic mass is 19.1. The number of aromatic nitrogens is 1. The van der Waals surface area contributed by atoms with Crippen molar-refractivity contribution in [1.29, 1.82) is 0 Å². The van der Waals surface area contributed by atoms with E-state index in [9.17, 15) is 4.39 Å². The molecule has 0 atom stereocenters. The lowest BCUT2D eigenvalue weighted by Crippen LogP contribution is -2.43. The van der Waals surface area contributed by atoms with E-state index < -0.39 is 0 Å². The van der Waals surface area contributed by atoms with Gasteiger partial charge in [-0.05, 0) is 73.2 Å². The maximum absolute atomic E-state index is 13.7. The molecule has 0 radical (unpaired) electrons. The predicted molar refractivity (Wildman–Crippen MR) is 129 cm³/mol. The van der Waals surface area contributed by atoms with Crippen molar-refractivity contribution in [2.45, 2.75) is 6.92 Å². The number of nitrogens with one attached hydrogen (secondary N) is 1. The van der Waals surface area contributed by atoms with Gasteiger partial charge in [0.15, 0.2) is 0 Å². The minimum atomic E-state index is -0.209. The van der Waals surface area contributed by atoms with E-state index in [1.807, 2.05) is 24.3 Å². The number of piperazine rings is 1. The summed E-state index contributed by atoms with van der Waals surface area (Å²) in [6, 6.07) is 17.7. The van der Waals surface area contributed by atoms with E-state index in [1.54, 1.807) is 19.2 Å². The Labute approximate surface area is 187 Å². The third-order valence-corrected chi connectivity index (χ3v) is 5.98. The fourth-order valence-electron chi connectivity index (χ4n) is 4.17. The minimum absolute atomic E-state index is 0.209. The molecule has 1 fully saturated rings. The van der Waals surface area contributed by atoms with Crippen LogP contribution in [-0.2, 0) is 0 Å². The van der Waals surface area contributed by atoms with Crippen LogP contribution in [0.1, 0.15) is 11.1 Å². The molecule has 2 aliphatic rings. The van der Waals surface area contributed by atoms with Gasteiger partial charge in [-0.3, -0.25) is 9.98 Å². The lowest BCUT2D eigenvalue weighted by Gasteiger charge is -2.30. The summed E-state index contributed by atoms with van der Waals surface area (Å²) in [5.41, 5.74) is 6.51. The van der Waals surface area contributed by atoms with Crippen LogP contribution in [-0.4, -0.2) is 43.5 Å². The number of aliphatic imine (C=N–C) groups is 1. The number of hydrogen-bond donors (Lipinski definition) is 1. The summed E-state index contributed by atoms with van der Waals surface area (Å²) in [6.07, 6.45) is 5.84. The molecule has 32 heavy (non-hydrogen) atoms. The van der Waals surface area contributed by atoms with Gasteiger partial charge in [0.2, 0.25) is 0 Å². The van der Waals surface area contributed by atoms with Gasteiger partial charge < -0.3 is 15.1 Å². The summed E-state index contributed by atoms with van der Waals surface area (Å²) >= 11 is 0. The van der Waals surface area contributed by atoms with Gasteiger partial charge in [-0.1, -0.05) is 0 Å². The first-order chi connectivity index (χ1) is 15.7. The molecule has 162 valence electrons. The molecule has 0 aliphatic carbocycles. The molecule has 2 aromatic carbocycles. The molecule has 3 aromatic rings. The van der Waals surface area contributed by atoms with E-state index in [0.717, 1.165) is 54.4 Å². The van der Waals surface area contributed by atoms with Crippen LogP contribution in [0.3, 0.4) is 0 Å². The first-order valence-corrected chi connectivity index (χ1v) is 11.0. The molecule has 6 heteroatoms. The largest absolute Gasteiger partial charge is 0.369 e. The quantitative estimate of drug-likeness (QED) is 0.671. The average Bonchev–Trinajstić information content (AvgIpc) is 2.86. The van der Waals surface area contributed by atoms with Gasteiger partial charge in [-0.15, -0.1) is 0 Å². The zero-order chi connectivity index (χ0) is 21.9. The third kappa shape index (κ3) is 4.14. The highest BCUT2D eigenvalue weighted by Crippen LogP contribution is 2.27. The first kappa shape index (κ1) is 20.4. The molecular weight excluding hydrogens is 401 g/mol. The van der Waals surface area contributed by atoms with Gasteiger partial charge in [0.05, 0.1) is 11.4 Å². The smallest absolute Gasteiger partial charge is 0.126 e. The molecule has 1 N–H and O–H groups in total. The molecule has 3 heterocycles. The Morgan fingerprint density at radius 1 is 0.969 bits per heavy atom. The van der Waals surface area contributed by atoms with Crippen molar-refractivity contribution >= 4 is 17.1 Å². The van der Waals surface area contributed by atoms with E-state index in [-0.39, 0.29) is 5.82 Å². The van der Waals surface area contributed by atoms with Crippen LogP contribution in [0, 0.1) is 12.7 Å². The number of nitrogens with zero attached hydrogens (tertiary/aromatic N) is 4. The van der Waals surface area contributed by atoms with E-state index in [1.165, 1.54) is 11.8 Å². The number of pyridine rings is 1. The van der Waals surface area contributed by atoms with Gasteiger partial charge in [0.1, 0.15) is 12.5 Å². The van der Waals surface area contributed by atoms with Crippen molar-refractivity contribution < 1.29 is 4.39 Å². The summed E-state index contributed by atoms with van der Waals surface area (Å²) in [5, 5.41) is 3.39. The van der Waals surface area contributed by atoms with Crippen LogP contribution in [0.15, 0.2) is 78.1 Å². The number of rotatable bonds is 4. The summed E-state index contributed by atoms with van der Waals surface area (Å²) in [7, 11) is 0. The Balaban J connectivity index is 1.34. The first-order valence-electron chi connectivity index (χ1n) is 11.0. The second kappa shape index (κ2) is 8.93. The number of anilines is 2. The Bertz CT molecular complexity index is 1160. The SMILES string of the molecule is Cc1cc(-c2ncccc2C2=NCN(c3ccc(N4CCNCC4)cc3)C=C2)ccc1F. The van der Waals surface area contributed by atoms with Gasteiger partial charge in [0.25, 0.3) is 0 Å². The maximum Gasteiger partial charge on any atom is 0.126 e. The lowest BCUT2D eigenvalue weighted by molar-refractivity contribution is 0.589. The van der Waals surface area contributed by atoms with Crippen molar-refractivity contribution in [3.8, 4) is 11.3 Å². The van der Waals surface area contributed by atoms with Crippen molar-refractivity contribution in [3.05, 3.63) is 90.0 Å². The molecule has 0 unspecified atom stereocenters. The summed E-state index contributed by atoms with van der Waals surface area (Å²) < 4.78 is 13.7. The highest BCUT2D eigenvalue weighted by molar-refractivity contribution is 6.12. The Morgan fingerprint density at radius 3 is 2.47 bits per heavy atom. The van der Waals surface area contributed by atoms with Crippen molar-refractivity contribution in [2.75, 3.05) is 42.6 Å². The zero-order valence-electron chi connectivity index (χ0n) is 18.1. The second-order valence-electron chi connectivity index (χ2n) is 8.09. The molecule has 2 aliphatic heterocycles. The van der Waals surface area contributed by atoms with Gasteiger partial charge in [-0.25, -0.2) is 4.39 Å². The average molecular weight is 428 g/mol. The Morgan fingerprint density at radius 2 is 1.75 bits per heavy atom. The van der Waals surface area contributed by atoms with Gasteiger partial charge in [0, 0.05) is 61.1 Å². The maximum atomic E-state index is 13.7. The fourth-order valence-corrected chi connectivity index (χ4v) is 4.17. The van der Waals surface area contributed by atoms with Crippen LogP contribution in [0.25, 0.3) is 11.3 Å². The number of halogens is 1. The molecular formula is C26H26FN5. The molecule has 5 rings (SSSR count). The molecule has 1 aromatic heterocycles. The third-order valence-electron chi connectivity index (χ3n) is 5.98. The molecule has 5 nitrogen and oxygen atoms in total. The summed E-state index contributed by atoms with van der Waals surface area (Å²) in [4.78, 5) is 13.9. The van der Waals surface area contributed by atoms with E-state index in [4.69, 9.17) is 4.99 Å². The van der Waals surface area contributed by atoms with E-state index >= 15 is 0 Å². The van der Waals surface area contributed by atoms with Gasteiger partial charge in [-0.2, -0.15) is 0 Å². The lowest BCUT2D eigenvalue weighted by atomic mass is 10.00. The molecule has 0 amide bonds. The van der Waals surface area contributed by atoms with Crippen LogP contribution in [0.4, 0.5) is 15.8 Å². The van der Waals surface area contributed by atoms with Crippen LogP contribution in [0.5, 0.6) is 0 Å². The van der Waals surface area contributed by atoms with Gasteiger partial charge >= 0.3 is 0 Å². The van der Waals surface area contributed by atoms with Crippen molar-refractivity contribution in [3.63, 3.8) is 0 Å². The molecule has 0 saturated carbocycles. The molecule has 1 saturated heterocycles.